The first-order chi connectivity index (χ1) is 11.2. The smallest absolute Gasteiger partial charge is 0.266 e. The Labute approximate surface area is 154 Å². The van der Waals surface area contributed by atoms with Crippen molar-refractivity contribution in [3.8, 4) is 0 Å². The molecule has 0 saturated heterocycles. The summed E-state index contributed by atoms with van der Waals surface area (Å²) in [5.41, 5.74) is 0.440. The molecule has 25 heavy (non-hydrogen) atoms. The normalized spacial score (nSPS) is 17.8. The zero-order chi connectivity index (χ0) is 17.5. The first-order valence-electron chi connectivity index (χ1n) is 6.55. The van der Waals surface area contributed by atoms with Gasteiger partial charge in [0.05, 0.1) is 11.1 Å². The van der Waals surface area contributed by atoms with Crippen LogP contribution in [-0.2, 0) is 20.0 Å². The van der Waals surface area contributed by atoms with Crippen LogP contribution < -0.4 is 9.44 Å². The molecule has 0 unspecified atom stereocenters. The lowest BCUT2D eigenvalue weighted by atomic mass is 10.2. The van der Waals surface area contributed by atoms with Crippen molar-refractivity contribution in [3.63, 3.8) is 0 Å². The van der Waals surface area contributed by atoms with Crippen molar-refractivity contribution in [2.24, 2.45) is 0 Å². The van der Waals surface area contributed by atoms with E-state index in [0.29, 0.717) is 0 Å². The minimum absolute atomic E-state index is 0. The van der Waals surface area contributed by atoms with Crippen LogP contribution in [0.25, 0.3) is 0 Å². The topological polar surface area (TPSA) is 126 Å². The molecule has 2 amide bonds. The molecule has 2 aromatic carbocycles. The zero-order valence-corrected chi connectivity index (χ0v) is 15.2. The molecule has 0 spiro atoms. The minimum Gasteiger partial charge on any atom is -0.268 e. The molecule has 2 heterocycles. The summed E-state index contributed by atoms with van der Waals surface area (Å²) in [4.78, 5) is 22.1. The molecular weight excluding hydrogens is 383 g/mol. The van der Waals surface area contributed by atoms with Gasteiger partial charge in [0, 0.05) is 17.4 Å². The summed E-state index contributed by atoms with van der Waals surface area (Å²) in [6.45, 7) is 0. The first-order valence-corrected chi connectivity index (χ1v) is 9.51. The lowest BCUT2D eigenvalue weighted by Gasteiger charge is -1.91. The Morgan fingerprint density at radius 1 is 0.600 bits per heavy atom. The molecule has 2 aliphatic heterocycles. The average molecular weight is 393 g/mol. The first kappa shape index (κ1) is 19.1. The second-order valence-corrected chi connectivity index (χ2v) is 8.16. The quantitative estimate of drug-likeness (QED) is 0.600. The third-order valence-electron chi connectivity index (χ3n) is 3.30. The number of carbonyl (C=O) groups excluding carboxylic acids is 2. The maximum absolute atomic E-state index is 11.1. The number of nitrogens with one attached hydrogen (secondary N) is 2. The third-order valence-corrected chi connectivity index (χ3v) is 6.07. The number of hydrogen-bond donors (Lipinski definition) is 2. The van der Waals surface area contributed by atoms with Crippen LogP contribution in [0.2, 0.25) is 0 Å². The van der Waals surface area contributed by atoms with Crippen molar-refractivity contribution in [2.75, 3.05) is 0 Å². The van der Waals surface area contributed by atoms with Gasteiger partial charge < -0.3 is 0 Å². The van der Waals surface area contributed by atoms with Crippen LogP contribution in [0.3, 0.4) is 0 Å². The van der Waals surface area contributed by atoms with Crippen molar-refractivity contribution in [1.82, 2.24) is 9.44 Å². The van der Waals surface area contributed by atoms with Crippen LogP contribution in [0, 0.1) is 0 Å². The van der Waals surface area contributed by atoms with Gasteiger partial charge in [-0.3, -0.25) is 9.59 Å². The highest BCUT2D eigenvalue weighted by molar-refractivity contribution is 7.91. The van der Waals surface area contributed by atoms with Crippen molar-refractivity contribution < 1.29 is 26.4 Å². The molecule has 2 aliphatic rings. The molecule has 0 atom stereocenters. The number of rotatable bonds is 0. The van der Waals surface area contributed by atoms with E-state index in [4.69, 9.17) is 0 Å². The highest BCUT2D eigenvalue weighted by Crippen LogP contribution is 2.21. The third kappa shape index (κ3) is 3.45. The van der Waals surface area contributed by atoms with Gasteiger partial charge in [0.25, 0.3) is 31.9 Å². The molecular formula is C14H10AlN2O6S2. The van der Waals surface area contributed by atoms with Crippen molar-refractivity contribution in [3.05, 3.63) is 59.7 Å². The molecule has 0 saturated carbocycles. The SMILES string of the molecule is O=C1NS(=O)(=O)c2ccccc21.O=C1NS(=O)(=O)c2ccccc21.[Al]. The van der Waals surface area contributed by atoms with Gasteiger partial charge in [0.1, 0.15) is 9.79 Å². The second kappa shape index (κ2) is 6.61. The molecule has 0 bridgehead atoms. The van der Waals surface area contributed by atoms with Crippen LogP contribution >= 0.6 is 0 Å². The summed E-state index contributed by atoms with van der Waals surface area (Å²) in [6.07, 6.45) is 0. The molecule has 2 aromatic rings. The Hall–Kier alpha value is -2.19. The van der Waals surface area contributed by atoms with Crippen molar-refractivity contribution in [2.45, 2.75) is 9.79 Å². The maximum atomic E-state index is 11.1. The van der Waals surface area contributed by atoms with E-state index in [-0.39, 0.29) is 38.3 Å². The number of hydrogen-bond acceptors (Lipinski definition) is 6. The summed E-state index contributed by atoms with van der Waals surface area (Å²) in [7, 11) is -7.11. The minimum atomic E-state index is -3.55. The fraction of sp³-hybridized carbons (Fsp3) is 0. The van der Waals surface area contributed by atoms with Crippen LogP contribution in [0.15, 0.2) is 58.3 Å². The van der Waals surface area contributed by atoms with Crippen molar-refractivity contribution >= 4 is 49.2 Å². The van der Waals surface area contributed by atoms with E-state index in [9.17, 15) is 26.4 Å². The number of amides is 2. The Morgan fingerprint density at radius 2 is 0.920 bits per heavy atom. The van der Waals surface area contributed by atoms with E-state index in [1.54, 1.807) is 24.3 Å². The van der Waals surface area contributed by atoms with E-state index >= 15 is 0 Å². The van der Waals surface area contributed by atoms with Crippen LogP contribution in [0.1, 0.15) is 20.7 Å². The van der Waals surface area contributed by atoms with E-state index < -0.39 is 31.9 Å². The molecule has 11 heteroatoms. The maximum Gasteiger partial charge on any atom is 0.266 e. The summed E-state index contributed by atoms with van der Waals surface area (Å²) < 4.78 is 48.3. The number of benzene rings is 2. The van der Waals surface area contributed by atoms with Crippen LogP contribution in [0.5, 0.6) is 0 Å². The molecule has 2 N–H and O–H groups in total. The Kier molecular flexibility index (Phi) is 5.06. The average Bonchev–Trinajstić information content (AvgIpc) is 2.91. The van der Waals surface area contributed by atoms with E-state index in [0.717, 1.165) is 0 Å². The fourth-order valence-electron chi connectivity index (χ4n) is 2.24. The van der Waals surface area contributed by atoms with Gasteiger partial charge in [-0.05, 0) is 24.3 Å². The molecule has 0 aromatic heterocycles. The van der Waals surface area contributed by atoms with Gasteiger partial charge >= 0.3 is 0 Å². The van der Waals surface area contributed by atoms with Crippen LogP contribution in [0.4, 0.5) is 0 Å². The number of sulfonamides is 2. The lowest BCUT2D eigenvalue weighted by Crippen LogP contribution is -2.20. The summed E-state index contributed by atoms with van der Waals surface area (Å²) in [5, 5.41) is 0. The number of fused-ring (bicyclic) bond motifs is 2. The van der Waals surface area contributed by atoms with Gasteiger partial charge in [0.15, 0.2) is 0 Å². The summed E-state index contributed by atoms with van der Waals surface area (Å²) in [6, 6.07) is 12.2. The zero-order valence-electron chi connectivity index (χ0n) is 12.5. The highest BCUT2D eigenvalue weighted by atomic mass is 32.2. The lowest BCUT2D eigenvalue weighted by molar-refractivity contribution is 0.0976. The van der Waals surface area contributed by atoms with E-state index in [1.165, 1.54) is 24.3 Å². The Bertz CT molecular complexity index is 993. The molecule has 3 radical (unpaired) electrons. The van der Waals surface area contributed by atoms with E-state index in [2.05, 4.69) is 0 Å². The van der Waals surface area contributed by atoms with Gasteiger partial charge in [0.2, 0.25) is 0 Å². The standard InChI is InChI=1S/2C7H5NO3S.Al/c2*9-7-5-3-1-2-4-6(5)12(10,11)8-7;/h2*1-4H,(H,8,9);. The molecule has 0 fully saturated rings. The van der Waals surface area contributed by atoms with Gasteiger partial charge in [-0.15, -0.1) is 0 Å². The van der Waals surface area contributed by atoms with Gasteiger partial charge in [-0.2, -0.15) is 0 Å². The molecule has 127 valence electrons. The van der Waals surface area contributed by atoms with Gasteiger partial charge in [-0.1, -0.05) is 24.3 Å². The predicted molar refractivity (Wildman–Crippen MR) is 87.9 cm³/mol. The summed E-state index contributed by atoms with van der Waals surface area (Å²) >= 11 is 0. The fourth-order valence-corrected chi connectivity index (χ4v) is 4.59. The highest BCUT2D eigenvalue weighted by Gasteiger charge is 2.32. The Morgan fingerprint density at radius 3 is 1.24 bits per heavy atom. The largest absolute Gasteiger partial charge is 0.268 e. The summed E-state index contributed by atoms with van der Waals surface area (Å²) in [5.74, 6) is -1.10. The molecule has 8 nitrogen and oxygen atoms in total. The monoisotopic (exact) mass is 393 g/mol. The number of carbonyl (C=O) groups is 2. The van der Waals surface area contributed by atoms with Crippen molar-refractivity contribution in [1.29, 1.82) is 0 Å². The van der Waals surface area contributed by atoms with Gasteiger partial charge in [-0.25, -0.2) is 26.3 Å². The predicted octanol–water partition coefficient (Wildman–Crippen LogP) is -0.143. The van der Waals surface area contributed by atoms with E-state index in [1.807, 2.05) is 9.44 Å². The van der Waals surface area contributed by atoms with Crippen LogP contribution in [-0.4, -0.2) is 46.0 Å². The molecule has 0 aliphatic carbocycles. The second-order valence-electron chi connectivity index (χ2n) is 4.86. The molecule has 4 rings (SSSR count). The Balaban J connectivity index is 0.000000173.